The molecule has 28 heavy (non-hydrogen) atoms. The number of morpholine rings is 1. The standard InChI is InChI=1S/C21H33N3O4/c1-4-6-11-23(5-2)18-9-7-17(8-10-18)21(27)24-12-13-28-19(15-24)14-22(3)16-20(25)26/h7-10,19H,4-6,11-16H2,1-3H3,(H,25,26). The molecular formula is C21H33N3O4. The minimum absolute atomic E-state index is 0.00246. The summed E-state index contributed by atoms with van der Waals surface area (Å²) in [4.78, 5) is 29.5. The maximum absolute atomic E-state index is 12.9. The van der Waals surface area contributed by atoms with Gasteiger partial charge in [-0.05, 0) is 44.7 Å². The second-order valence-electron chi connectivity index (χ2n) is 7.31. The molecule has 156 valence electrons. The van der Waals surface area contributed by atoms with E-state index in [1.54, 1.807) is 16.8 Å². The summed E-state index contributed by atoms with van der Waals surface area (Å²) in [5.74, 6) is -0.872. The van der Waals surface area contributed by atoms with Crippen LogP contribution in [0.5, 0.6) is 0 Å². The zero-order valence-corrected chi connectivity index (χ0v) is 17.3. The van der Waals surface area contributed by atoms with Gasteiger partial charge in [0, 0.05) is 44.0 Å². The van der Waals surface area contributed by atoms with Gasteiger partial charge in [0.2, 0.25) is 0 Å². The molecule has 1 heterocycles. The number of hydrogen-bond acceptors (Lipinski definition) is 5. The largest absolute Gasteiger partial charge is 0.480 e. The van der Waals surface area contributed by atoms with E-state index in [1.165, 1.54) is 0 Å². The second kappa shape index (κ2) is 11.0. The Balaban J connectivity index is 1.95. The quantitative estimate of drug-likeness (QED) is 0.659. The highest BCUT2D eigenvalue weighted by atomic mass is 16.5. The molecule has 7 heteroatoms. The van der Waals surface area contributed by atoms with Crippen LogP contribution in [0, 0.1) is 0 Å². The fraction of sp³-hybridized carbons (Fsp3) is 0.619. The highest BCUT2D eigenvalue weighted by Crippen LogP contribution is 2.18. The molecule has 0 aromatic heterocycles. The number of rotatable bonds is 10. The number of nitrogens with zero attached hydrogens (tertiary/aromatic N) is 3. The summed E-state index contributed by atoms with van der Waals surface area (Å²) in [5, 5.41) is 8.88. The van der Waals surface area contributed by atoms with Crippen LogP contribution in [0.25, 0.3) is 0 Å². The normalized spacial score (nSPS) is 17.0. The summed E-state index contributed by atoms with van der Waals surface area (Å²) in [5.41, 5.74) is 1.82. The molecule has 1 N–H and O–H groups in total. The summed E-state index contributed by atoms with van der Waals surface area (Å²) >= 11 is 0. The lowest BCUT2D eigenvalue weighted by Crippen LogP contribution is -2.49. The van der Waals surface area contributed by atoms with Crippen molar-refractivity contribution < 1.29 is 19.4 Å². The molecule has 0 saturated carbocycles. The molecule has 0 bridgehead atoms. The van der Waals surface area contributed by atoms with Crippen molar-refractivity contribution in [3.05, 3.63) is 29.8 Å². The summed E-state index contributed by atoms with van der Waals surface area (Å²) in [6.45, 7) is 8.24. The number of aliphatic carboxylic acids is 1. The number of hydrogen-bond donors (Lipinski definition) is 1. The van der Waals surface area contributed by atoms with Crippen molar-refractivity contribution >= 4 is 17.6 Å². The Morgan fingerprint density at radius 2 is 1.96 bits per heavy atom. The van der Waals surface area contributed by atoms with Crippen molar-refractivity contribution in [3.8, 4) is 0 Å². The van der Waals surface area contributed by atoms with Gasteiger partial charge in [-0.1, -0.05) is 13.3 Å². The molecule has 1 unspecified atom stereocenters. The Bertz CT molecular complexity index is 635. The molecule has 2 rings (SSSR count). The van der Waals surface area contributed by atoms with E-state index in [0.717, 1.165) is 31.6 Å². The fourth-order valence-corrected chi connectivity index (χ4v) is 3.47. The average molecular weight is 392 g/mol. The van der Waals surface area contributed by atoms with Crippen LogP contribution in [0.15, 0.2) is 24.3 Å². The van der Waals surface area contributed by atoms with Crippen molar-refractivity contribution in [2.45, 2.75) is 32.8 Å². The van der Waals surface area contributed by atoms with Crippen LogP contribution < -0.4 is 4.90 Å². The van der Waals surface area contributed by atoms with Crippen molar-refractivity contribution in [1.82, 2.24) is 9.80 Å². The van der Waals surface area contributed by atoms with Crippen molar-refractivity contribution in [3.63, 3.8) is 0 Å². The zero-order valence-electron chi connectivity index (χ0n) is 17.3. The maximum Gasteiger partial charge on any atom is 0.317 e. The first kappa shape index (κ1) is 22.2. The average Bonchev–Trinajstić information content (AvgIpc) is 2.68. The molecule has 1 amide bonds. The van der Waals surface area contributed by atoms with Gasteiger partial charge < -0.3 is 19.6 Å². The lowest BCUT2D eigenvalue weighted by molar-refractivity contribution is -0.138. The Labute approximate surface area is 167 Å². The smallest absolute Gasteiger partial charge is 0.317 e. The molecule has 1 aliphatic rings. The molecule has 1 saturated heterocycles. The maximum atomic E-state index is 12.9. The number of carbonyl (C=O) groups is 2. The van der Waals surface area contributed by atoms with Crippen LogP contribution in [0.1, 0.15) is 37.0 Å². The van der Waals surface area contributed by atoms with Crippen molar-refractivity contribution in [2.75, 3.05) is 57.8 Å². The summed E-state index contributed by atoms with van der Waals surface area (Å²) < 4.78 is 5.71. The number of ether oxygens (including phenoxy) is 1. The molecule has 1 aromatic rings. The van der Waals surface area contributed by atoms with Crippen LogP contribution >= 0.6 is 0 Å². The molecule has 0 radical (unpaired) electrons. The minimum atomic E-state index is -0.869. The van der Waals surface area contributed by atoms with Gasteiger partial charge in [0.1, 0.15) is 0 Å². The van der Waals surface area contributed by atoms with E-state index in [1.807, 2.05) is 24.3 Å². The third-order valence-corrected chi connectivity index (χ3v) is 4.99. The number of carbonyl (C=O) groups excluding carboxylic acids is 1. The van der Waals surface area contributed by atoms with Crippen LogP contribution in [0.4, 0.5) is 5.69 Å². The van der Waals surface area contributed by atoms with Crippen LogP contribution in [-0.2, 0) is 9.53 Å². The van der Waals surface area contributed by atoms with Gasteiger partial charge >= 0.3 is 5.97 Å². The van der Waals surface area contributed by atoms with E-state index >= 15 is 0 Å². The van der Waals surface area contributed by atoms with E-state index in [4.69, 9.17) is 9.84 Å². The lowest BCUT2D eigenvalue weighted by atomic mass is 10.1. The third kappa shape index (κ3) is 6.49. The van der Waals surface area contributed by atoms with Gasteiger partial charge in [-0.3, -0.25) is 14.5 Å². The number of anilines is 1. The summed E-state index contributed by atoms with van der Waals surface area (Å²) in [6.07, 6.45) is 2.14. The predicted octanol–water partition coefficient (Wildman–Crippen LogP) is 2.17. The van der Waals surface area contributed by atoms with Crippen molar-refractivity contribution in [1.29, 1.82) is 0 Å². The van der Waals surface area contributed by atoms with Gasteiger partial charge in [0.15, 0.2) is 0 Å². The third-order valence-electron chi connectivity index (χ3n) is 4.99. The highest BCUT2D eigenvalue weighted by molar-refractivity contribution is 5.94. The Morgan fingerprint density at radius 3 is 2.57 bits per heavy atom. The predicted molar refractivity (Wildman–Crippen MR) is 110 cm³/mol. The molecule has 1 aliphatic heterocycles. The summed E-state index contributed by atoms with van der Waals surface area (Å²) in [7, 11) is 1.75. The number of benzene rings is 1. The molecule has 0 spiro atoms. The number of unbranched alkanes of at least 4 members (excludes halogenated alkanes) is 1. The molecule has 1 fully saturated rings. The number of carboxylic acid groups (broad SMARTS) is 1. The lowest BCUT2D eigenvalue weighted by Gasteiger charge is -2.34. The Hall–Kier alpha value is -2.12. The number of amides is 1. The van der Waals surface area contributed by atoms with Crippen LogP contribution in [0.2, 0.25) is 0 Å². The number of likely N-dealkylation sites (N-methyl/N-ethyl adjacent to an activating group) is 1. The highest BCUT2D eigenvalue weighted by Gasteiger charge is 2.26. The molecular weight excluding hydrogens is 358 g/mol. The van der Waals surface area contributed by atoms with Gasteiger partial charge in [0.25, 0.3) is 5.91 Å². The van der Waals surface area contributed by atoms with Gasteiger partial charge in [-0.25, -0.2) is 0 Å². The molecule has 7 nitrogen and oxygen atoms in total. The number of carboxylic acids is 1. The van der Waals surface area contributed by atoms with E-state index in [0.29, 0.717) is 31.8 Å². The zero-order chi connectivity index (χ0) is 20.5. The molecule has 0 aliphatic carbocycles. The minimum Gasteiger partial charge on any atom is -0.480 e. The SMILES string of the molecule is CCCCN(CC)c1ccc(C(=O)N2CCOC(CN(C)CC(=O)O)C2)cc1. The monoisotopic (exact) mass is 391 g/mol. The van der Waals surface area contributed by atoms with E-state index in [2.05, 4.69) is 18.7 Å². The Morgan fingerprint density at radius 1 is 1.25 bits per heavy atom. The fourth-order valence-electron chi connectivity index (χ4n) is 3.47. The van der Waals surface area contributed by atoms with Gasteiger partial charge in [0.05, 0.1) is 19.3 Å². The van der Waals surface area contributed by atoms with Crippen molar-refractivity contribution in [2.24, 2.45) is 0 Å². The van der Waals surface area contributed by atoms with E-state index in [-0.39, 0.29) is 18.6 Å². The molecule has 1 atom stereocenters. The van der Waals surface area contributed by atoms with E-state index in [9.17, 15) is 9.59 Å². The van der Waals surface area contributed by atoms with Crippen LogP contribution in [0.3, 0.4) is 0 Å². The first-order chi connectivity index (χ1) is 13.4. The van der Waals surface area contributed by atoms with E-state index < -0.39 is 5.97 Å². The topological polar surface area (TPSA) is 73.3 Å². The second-order valence-corrected chi connectivity index (χ2v) is 7.31. The van der Waals surface area contributed by atoms with Crippen LogP contribution in [-0.4, -0.2) is 85.8 Å². The molecule has 1 aromatic carbocycles. The first-order valence-corrected chi connectivity index (χ1v) is 10.1. The first-order valence-electron chi connectivity index (χ1n) is 10.1. The Kier molecular flexibility index (Phi) is 8.73. The van der Waals surface area contributed by atoms with Gasteiger partial charge in [-0.15, -0.1) is 0 Å². The van der Waals surface area contributed by atoms with Gasteiger partial charge in [-0.2, -0.15) is 0 Å². The summed E-state index contributed by atoms with van der Waals surface area (Å²) in [6, 6.07) is 7.83.